The van der Waals surface area contributed by atoms with Gasteiger partial charge in [0, 0.05) is 27.6 Å². The number of aromatic nitrogens is 1. The maximum atomic E-state index is 13.7. The van der Waals surface area contributed by atoms with Crippen LogP contribution in [0.2, 0.25) is 0 Å². The van der Waals surface area contributed by atoms with Crippen molar-refractivity contribution in [1.29, 1.82) is 5.26 Å². The number of nitrogens with zero attached hydrogens (tertiary/aromatic N) is 2. The van der Waals surface area contributed by atoms with Gasteiger partial charge in [-0.15, -0.1) is 0 Å². The van der Waals surface area contributed by atoms with E-state index in [0.29, 0.717) is 17.0 Å². The van der Waals surface area contributed by atoms with Crippen LogP contribution in [0.3, 0.4) is 0 Å². The van der Waals surface area contributed by atoms with Crippen LogP contribution in [0.25, 0.3) is 10.9 Å². The lowest BCUT2D eigenvalue weighted by Crippen LogP contribution is -2.32. The molecule has 0 radical (unpaired) electrons. The minimum Gasteiger partial charge on any atom is -0.496 e. The van der Waals surface area contributed by atoms with E-state index in [1.54, 1.807) is 13.2 Å². The standard InChI is InChI=1S/C26H27N3O2/c1-26(2)20-12-18(16-7-9-29(3)10-8-16)22(31-4)13-19(20)24(30)23-17-6-5-15(14-27)11-21(17)28-25(23)26/h5-6,11-13,16,28H,7-10H2,1-4H3. The molecule has 5 heteroatoms. The van der Waals surface area contributed by atoms with Crippen LogP contribution < -0.4 is 4.74 Å². The highest BCUT2D eigenvalue weighted by Gasteiger charge is 2.41. The van der Waals surface area contributed by atoms with Gasteiger partial charge in [0.2, 0.25) is 0 Å². The number of aromatic amines is 1. The number of hydrogen-bond donors (Lipinski definition) is 1. The third-order valence-corrected chi connectivity index (χ3v) is 7.23. The van der Waals surface area contributed by atoms with Crippen molar-refractivity contribution in [2.45, 2.75) is 38.0 Å². The smallest absolute Gasteiger partial charge is 0.195 e. The molecule has 1 saturated heterocycles. The third kappa shape index (κ3) is 2.90. The van der Waals surface area contributed by atoms with E-state index in [1.807, 2.05) is 18.2 Å². The summed E-state index contributed by atoms with van der Waals surface area (Å²) in [6, 6.07) is 11.8. The number of carbonyl (C=O) groups excluding carboxylic acids is 1. The van der Waals surface area contributed by atoms with Crippen molar-refractivity contribution in [3.8, 4) is 11.8 Å². The van der Waals surface area contributed by atoms with Gasteiger partial charge in [-0.2, -0.15) is 5.26 Å². The molecule has 0 unspecified atom stereocenters. The second-order valence-corrected chi connectivity index (χ2v) is 9.42. The number of hydrogen-bond acceptors (Lipinski definition) is 4. The van der Waals surface area contributed by atoms with E-state index in [1.165, 1.54) is 5.56 Å². The van der Waals surface area contributed by atoms with E-state index in [0.717, 1.165) is 59.4 Å². The SMILES string of the molecule is COc1cc2c(cc1C1CCN(C)CC1)C(C)(C)c1[nH]c3cc(C#N)ccc3c1C2=O. The fourth-order valence-corrected chi connectivity index (χ4v) is 5.36. The van der Waals surface area contributed by atoms with Crippen LogP contribution >= 0.6 is 0 Å². The van der Waals surface area contributed by atoms with Crippen LogP contribution in [0.15, 0.2) is 30.3 Å². The van der Waals surface area contributed by atoms with Crippen molar-refractivity contribution in [1.82, 2.24) is 9.88 Å². The van der Waals surface area contributed by atoms with Crippen molar-refractivity contribution < 1.29 is 9.53 Å². The van der Waals surface area contributed by atoms with Gasteiger partial charge in [0.25, 0.3) is 0 Å². The predicted molar refractivity (Wildman–Crippen MR) is 121 cm³/mol. The number of fused-ring (bicyclic) bond motifs is 4. The lowest BCUT2D eigenvalue weighted by Gasteiger charge is -2.35. The summed E-state index contributed by atoms with van der Waals surface area (Å²) in [7, 11) is 3.86. The van der Waals surface area contributed by atoms with Crippen LogP contribution in [0.4, 0.5) is 0 Å². The molecule has 2 heterocycles. The Morgan fingerprint density at radius 2 is 1.94 bits per heavy atom. The highest BCUT2D eigenvalue weighted by atomic mass is 16.5. The molecule has 0 saturated carbocycles. The van der Waals surface area contributed by atoms with Crippen LogP contribution in [-0.2, 0) is 5.41 Å². The average molecular weight is 414 g/mol. The summed E-state index contributed by atoms with van der Waals surface area (Å²) in [4.78, 5) is 19.5. The second-order valence-electron chi connectivity index (χ2n) is 9.42. The number of ketones is 1. The maximum absolute atomic E-state index is 13.7. The lowest BCUT2D eigenvalue weighted by molar-refractivity contribution is 0.103. The monoisotopic (exact) mass is 413 g/mol. The normalized spacial score (nSPS) is 18.5. The molecule has 3 aromatic rings. The maximum Gasteiger partial charge on any atom is 0.195 e. The number of piperidine rings is 1. The summed E-state index contributed by atoms with van der Waals surface area (Å²) in [5.74, 6) is 1.27. The number of methoxy groups -OCH3 is 1. The van der Waals surface area contributed by atoms with Crippen LogP contribution in [0.5, 0.6) is 5.75 Å². The summed E-state index contributed by atoms with van der Waals surface area (Å²) in [6.07, 6.45) is 2.18. The Bertz CT molecular complexity index is 1250. The molecular formula is C26H27N3O2. The van der Waals surface area contributed by atoms with Crippen molar-refractivity contribution in [2.75, 3.05) is 27.2 Å². The molecule has 0 atom stereocenters. The van der Waals surface area contributed by atoms with Gasteiger partial charge in [-0.1, -0.05) is 26.0 Å². The van der Waals surface area contributed by atoms with E-state index in [4.69, 9.17) is 4.74 Å². The molecule has 2 aliphatic rings. The first kappa shape index (κ1) is 19.8. The van der Waals surface area contributed by atoms with E-state index >= 15 is 0 Å². The van der Waals surface area contributed by atoms with E-state index in [9.17, 15) is 10.1 Å². The van der Waals surface area contributed by atoms with Gasteiger partial charge < -0.3 is 14.6 Å². The third-order valence-electron chi connectivity index (χ3n) is 7.23. The predicted octanol–water partition coefficient (Wildman–Crippen LogP) is 4.73. The molecule has 5 rings (SSSR count). The number of H-pyrrole nitrogens is 1. The Labute approximate surface area is 182 Å². The number of carbonyl (C=O) groups is 1. The Morgan fingerprint density at radius 3 is 2.61 bits per heavy atom. The summed E-state index contributed by atoms with van der Waals surface area (Å²) in [6.45, 7) is 6.48. The Hall–Kier alpha value is -3.10. The fourth-order valence-electron chi connectivity index (χ4n) is 5.36. The first-order valence-corrected chi connectivity index (χ1v) is 10.9. The van der Waals surface area contributed by atoms with Gasteiger partial charge in [0.05, 0.1) is 24.3 Å². The summed E-state index contributed by atoms with van der Waals surface area (Å²) in [5, 5.41) is 10.1. The van der Waals surface area contributed by atoms with E-state index in [2.05, 4.69) is 42.9 Å². The lowest BCUT2D eigenvalue weighted by atomic mass is 9.70. The van der Waals surface area contributed by atoms with Crippen molar-refractivity contribution in [3.05, 3.63) is 63.8 Å². The fraction of sp³-hybridized carbons (Fsp3) is 0.385. The molecule has 0 bridgehead atoms. The van der Waals surface area contributed by atoms with Gasteiger partial charge >= 0.3 is 0 Å². The number of nitrogens with one attached hydrogen (secondary N) is 1. The van der Waals surface area contributed by atoms with Crippen LogP contribution in [-0.4, -0.2) is 42.9 Å². The minimum absolute atomic E-state index is 0.0218. The number of nitriles is 1. The highest BCUT2D eigenvalue weighted by Crippen LogP contribution is 2.47. The molecule has 1 fully saturated rings. The van der Waals surface area contributed by atoms with Gasteiger partial charge in [-0.05, 0) is 68.2 Å². The molecule has 0 spiro atoms. The Balaban J connectivity index is 1.70. The molecule has 31 heavy (non-hydrogen) atoms. The Morgan fingerprint density at radius 1 is 1.19 bits per heavy atom. The van der Waals surface area contributed by atoms with E-state index < -0.39 is 0 Å². The highest BCUT2D eigenvalue weighted by molar-refractivity contribution is 6.20. The molecule has 0 amide bonds. The molecule has 1 aromatic heterocycles. The molecular weight excluding hydrogens is 386 g/mol. The van der Waals surface area contributed by atoms with Crippen LogP contribution in [0, 0.1) is 11.3 Å². The molecule has 1 aliphatic carbocycles. The largest absolute Gasteiger partial charge is 0.496 e. The second kappa shape index (κ2) is 6.96. The van der Waals surface area contributed by atoms with Crippen molar-refractivity contribution in [3.63, 3.8) is 0 Å². The first-order chi connectivity index (χ1) is 14.8. The molecule has 158 valence electrons. The number of ether oxygens (including phenoxy) is 1. The quantitative estimate of drug-likeness (QED) is 0.660. The minimum atomic E-state index is -0.364. The number of rotatable bonds is 2. The first-order valence-electron chi connectivity index (χ1n) is 10.9. The zero-order chi connectivity index (χ0) is 21.9. The van der Waals surface area contributed by atoms with Gasteiger partial charge in [0.1, 0.15) is 5.75 Å². The summed E-state index contributed by atoms with van der Waals surface area (Å²) < 4.78 is 5.79. The van der Waals surface area contributed by atoms with E-state index in [-0.39, 0.29) is 11.2 Å². The number of benzene rings is 2. The molecule has 5 nitrogen and oxygen atoms in total. The zero-order valence-electron chi connectivity index (χ0n) is 18.5. The summed E-state index contributed by atoms with van der Waals surface area (Å²) in [5.41, 5.74) is 5.67. The van der Waals surface area contributed by atoms with Gasteiger partial charge in [-0.3, -0.25) is 4.79 Å². The Kier molecular flexibility index (Phi) is 4.46. The van der Waals surface area contributed by atoms with Crippen LogP contribution in [0.1, 0.15) is 70.9 Å². The molecule has 2 aromatic carbocycles. The van der Waals surface area contributed by atoms with Gasteiger partial charge in [0.15, 0.2) is 5.78 Å². The molecule has 1 aliphatic heterocycles. The van der Waals surface area contributed by atoms with Crippen molar-refractivity contribution >= 4 is 16.7 Å². The zero-order valence-corrected chi connectivity index (χ0v) is 18.5. The van der Waals surface area contributed by atoms with Crippen molar-refractivity contribution in [2.24, 2.45) is 0 Å². The average Bonchev–Trinajstić information content (AvgIpc) is 3.17. The summed E-state index contributed by atoms with van der Waals surface area (Å²) >= 11 is 0. The number of likely N-dealkylation sites (tertiary alicyclic amines) is 1. The topological polar surface area (TPSA) is 69.1 Å². The van der Waals surface area contributed by atoms with Gasteiger partial charge in [-0.25, -0.2) is 0 Å². The molecule has 1 N–H and O–H groups in total.